The first-order valence-corrected chi connectivity index (χ1v) is 6.84. The minimum absolute atomic E-state index is 0.252. The quantitative estimate of drug-likeness (QED) is 0.929. The van der Waals surface area contributed by atoms with Crippen LogP contribution in [0, 0.1) is 5.92 Å². The average Bonchev–Trinajstić information content (AvgIpc) is 2.39. The van der Waals surface area contributed by atoms with Gasteiger partial charge in [-0.05, 0) is 44.3 Å². The number of hydrogen-bond donors (Lipinski definition) is 1. The normalized spacial score (nSPS) is 19.8. The SMILES string of the molecule is CNCCC1COC(=O)N(c2ccc(Br)cc2)C1. The molecule has 0 aliphatic carbocycles. The summed E-state index contributed by atoms with van der Waals surface area (Å²) in [5, 5.41) is 3.12. The second-order valence-corrected chi connectivity index (χ2v) is 5.34. The fourth-order valence-corrected chi connectivity index (χ4v) is 2.27. The molecule has 18 heavy (non-hydrogen) atoms. The number of hydrogen-bond acceptors (Lipinski definition) is 3. The summed E-state index contributed by atoms with van der Waals surface area (Å²) in [4.78, 5) is 13.5. The minimum atomic E-state index is -0.252. The van der Waals surface area contributed by atoms with E-state index in [9.17, 15) is 4.79 Å². The summed E-state index contributed by atoms with van der Waals surface area (Å²) in [6, 6.07) is 7.71. The van der Waals surface area contributed by atoms with Crippen LogP contribution < -0.4 is 10.2 Å². The van der Waals surface area contributed by atoms with Crippen LogP contribution in [0.15, 0.2) is 28.7 Å². The van der Waals surface area contributed by atoms with Crippen LogP contribution in [0.3, 0.4) is 0 Å². The molecule has 1 heterocycles. The molecule has 4 nitrogen and oxygen atoms in total. The van der Waals surface area contributed by atoms with Crippen LogP contribution in [0.25, 0.3) is 0 Å². The smallest absolute Gasteiger partial charge is 0.414 e. The van der Waals surface area contributed by atoms with Gasteiger partial charge in [0.2, 0.25) is 0 Å². The third-order valence-electron chi connectivity index (χ3n) is 3.04. The van der Waals surface area contributed by atoms with E-state index in [0.29, 0.717) is 12.5 Å². The summed E-state index contributed by atoms with van der Waals surface area (Å²) in [7, 11) is 1.93. The molecule has 2 rings (SSSR count). The number of benzene rings is 1. The lowest BCUT2D eigenvalue weighted by Crippen LogP contribution is -2.43. The van der Waals surface area contributed by atoms with Crippen molar-refractivity contribution in [1.82, 2.24) is 5.32 Å². The van der Waals surface area contributed by atoms with Gasteiger partial charge in [-0.2, -0.15) is 0 Å². The van der Waals surface area contributed by atoms with Crippen molar-refractivity contribution in [1.29, 1.82) is 0 Å². The van der Waals surface area contributed by atoms with Gasteiger partial charge in [0.1, 0.15) is 0 Å². The lowest BCUT2D eigenvalue weighted by molar-refractivity contribution is 0.112. The lowest BCUT2D eigenvalue weighted by atomic mass is 10.0. The third kappa shape index (κ3) is 3.23. The van der Waals surface area contributed by atoms with Crippen molar-refractivity contribution >= 4 is 27.7 Å². The summed E-state index contributed by atoms with van der Waals surface area (Å²) in [6.45, 7) is 2.19. The number of nitrogens with one attached hydrogen (secondary N) is 1. The second-order valence-electron chi connectivity index (χ2n) is 4.42. The first-order chi connectivity index (χ1) is 8.70. The summed E-state index contributed by atoms with van der Waals surface area (Å²) in [5.41, 5.74) is 0.886. The highest BCUT2D eigenvalue weighted by atomic mass is 79.9. The Morgan fingerprint density at radius 1 is 1.44 bits per heavy atom. The molecule has 5 heteroatoms. The molecule has 1 N–H and O–H groups in total. The van der Waals surface area contributed by atoms with Crippen LogP contribution in [0.1, 0.15) is 6.42 Å². The number of anilines is 1. The van der Waals surface area contributed by atoms with Crippen LogP contribution in [0.5, 0.6) is 0 Å². The fraction of sp³-hybridized carbons (Fsp3) is 0.462. The maximum atomic E-state index is 11.8. The number of amides is 1. The van der Waals surface area contributed by atoms with Crippen molar-refractivity contribution in [2.75, 3.05) is 31.6 Å². The van der Waals surface area contributed by atoms with Gasteiger partial charge in [0, 0.05) is 22.6 Å². The molecule has 98 valence electrons. The number of carbonyl (C=O) groups is 1. The predicted octanol–water partition coefficient (Wildman–Crippen LogP) is 2.63. The fourth-order valence-electron chi connectivity index (χ4n) is 2.01. The molecule has 0 bridgehead atoms. The topological polar surface area (TPSA) is 41.6 Å². The number of halogens is 1. The molecule has 1 amide bonds. The molecule has 0 radical (unpaired) electrons. The number of cyclic esters (lactones) is 1. The van der Waals surface area contributed by atoms with Gasteiger partial charge in [-0.15, -0.1) is 0 Å². The Kier molecular flexibility index (Phi) is 4.60. The lowest BCUT2D eigenvalue weighted by Gasteiger charge is -2.32. The highest BCUT2D eigenvalue weighted by Crippen LogP contribution is 2.23. The van der Waals surface area contributed by atoms with Gasteiger partial charge >= 0.3 is 6.09 Å². The molecule has 1 aliphatic rings. The van der Waals surface area contributed by atoms with E-state index < -0.39 is 0 Å². The summed E-state index contributed by atoms with van der Waals surface area (Å²) in [5.74, 6) is 0.388. The Hall–Kier alpha value is -1.07. The molecule has 1 fully saturated rings. The van der Waals surface area contributed by atoms with Crippen LogP contribution in [0.2, 0.25) is 0 Å². The Morgan fingerprint density at radius 2 is 2.17 bits per heavy atom. The van der Waals surface area contributed by atoms with E-state index in [-0.39, 0.29) is 6.09 Å². The predicted molar refractivity (Wildman–Crippen MR) is 74.9 cm³/mol. The van der Waals surface area contributed by atoms with Crippen LogP contribution in [-0.4, -0.2) is 32.8 Å². The molecular formula is C13H17BrN2O2. The zero-order chi connectivity index (χ0) is 13.0. The standard InChI is InChI=1S/C13H17BrN2O2/c1-15-7-6-10-8-16(13(17)18-9-10)12-4-2-11(14)3-5-12/h2-5,10,15H,6-9H2,1H3. The first kappa shape index (κ1) is 13.4. The molecule has 1 aromatic carbocycles. The average molecular weight is 313 g/mol. The van der Waals surface area contributed by atoms with E-state index in [0.717, 1.165) is 29.7 Å². The van der Waals surface area contributed by atoms with Crippen molar-refractivity contribution < 1.29 is 9.53 Å². The van der Waals surface area contributed by atoms with Crippen LogP contribution >= 0.6 is 15.9 Å². The second kappa shape index (κ2) is 6.20. The molecular weight excluding hydrogens is 296 g/mol. The Labute approximate surface area is 115 Å². The molecule has 1 unspecified atom stereocenters. The van der Waals surface area contributed by atoms with E-state index in [4.69, 9.17) is 4.74 Å². The number of ether oxygens (including phenoxy) is 1. The monoisotopic (exact) mass is 312 g/mol. The molecule has 0 aromatic heterocycles. The third-order valence-corrected chi connectivity index (χ3v) is 3.57. The zero-order valence-corrected chi connectivity index (χ0v) is 11.9. The van der Waals surface area contributed by atoms with Crippen molar-refractivity contribution in [3.63, 3.8) is 0 Å². The molecule has 0 spiro atoms. The number of rotatable bonds is 4. The van der Waals surface area contributed by atoms with Gasteiger partial charge in [-0.3, -0.25) is 4.90 Å². The van der Waals surface area contributed by atoms with Gasteiger partial charge in [0.25, 0.3) is 0 Å². The van der Waals surface area contributed by atoms with E-state index in [1.807, 2.05) is 31.3 Å². The Morgan fingerprint density at radius 3 is 2.83 bits per heavy atom. The molecule has 1 atom stereocenters. The highest BCUT2D eigenvalue weighted by molar-refractivity contribution is 9.10. The van der Waals surface area contributed by atoms with Gasteiger partial charge in [-0.1, -0.05) is 15.9 Å². The van der Waals surface area contributed by atoms with Crippen molar-refractivity contribution in [2.24, 2.45) is 5.92 Å². The van der Waals surface area contributed by atoms with Crippen molar-refractivity contribution in [3.05, 3.63) is 28.7 Å². The largest absolute Gasteiger partial charge is 0.449 e. The molecule has 1 aliphatic heterocycles. The van der Waals surface area contributed by atoms with Gasteiger partial charge in [0.15, 0.2) is 0 Å². The van der Waals surface area contributed by atoms with E-state index in [1.54, 1.807) is 4.90 Å². The van der Waals surface area contributed by atoms with E-state index >= 15 is 0 Å². The summed E-state index contributed by atoms with van der Waals surface area (Å²) in [6.07, 6.45) is 0.759. The molecule has 1 aromatic rings. The van der Waals surface area contributed by atoms with E-state index in [2.05, 4.69) is 21.2 Å². The van der Waals surface area contributed by atoms with Crippen LogP contribution in [0.4, 0.5) is 10.5 Å². The first-order valence-electron chi connectivity index (χ1n) is 6.05. The van der Waals surface area contributed by atoms with Gasteiger partial charge in [-0.25, -0.2) is 4.79 Å². The van der Waals surface area contributed by atoms with E-state index in [1.165, 1.54) is 0 Å². The molecule has 0 saturated carbocycles. The Balaban J connectivity index is 2.05. The summed E-state index contributed by atoms with van der Waals surface area (Å²) < 4.78 is 6.24. The highest BCUT2D eigenvalue weighted by Gasteiger charge is 2.27. The van der Waals surface area contributed by atoms with Crippen molar-refractivity contribution in [2.45, 2.75) is 6.42 Å². The van der Waals surface area contributed by atoms with Gasteiger partial charge < -0.3 is 10.1 Å². The number of nitrogens with zero attached hydrogens (tertiary/aromatic N) is 1. The van der Waals surface area contributed by atoms with Gasteiger partial charge in [0.05, 0.1) is 6.61 Å². The van der Waals surface area contributed by atoms with Crippen LogP contribution in [-0.2, 0) is 4.74 Å². The maximum Gasteiger partial charge on any atom is 0.414 e. The molecule has 1 saturated heterocycles. The maximum absolute atomic E-state index is 11.8. The number of carbonyl (C=O) groups excluding carboxylic acids is 1. The Bertz CT molecular complexity index is 408. The minimum Gasteiger partial charge on any atom is -0.449 e. The summed E-state index contributed by atoms with van der Waals surface area (Å²) >= 11 is 3.39. The van der Waals surface area contributed by atoms with Crippen molar-refractivity contribution in [3.8, 4) is 0 Å². The zero-order valence-electron chi connectivity index (χ0n) is 10.4.